The van der Waals surface area contributed by atoms with E-state index in [2.05, 4.69) is 21.2 Å². The van der Waals surface area contributed by atoms with Crippen molar-refractivity contribution in [3.05, 3.63) is 63.9 Å². The summed E-state index contributed by atoms with van der Waals surface area (Å²) in [6.45, 7) is 0. The third kappa shape index (κ3) is 3.29. The number of carbonyl (C=O) groups excluding carboxylic acids is 1. The van der Waals surface area contributed by atoms with Crippen LogP contribution in [0.5, 0.6) is 0 Å². The molecule has 2 unspecified atom stereocenters. The van der Waals surface area contributed by atoms with Gasteiger partial charge in [-0.25, -0.2) is 19.6 Å². The summed E-state index contributed by atoms with van der Waals surface area (Å²) in [6.07, 6.45) is 1.46. The molecular weight excluding hydrogens is 322 g/mol. The zero-order valence-corrected chi connectivity index (χ0v) is 12.7. The van der Waals surface area contributed by atoms with Crippen molar-refractivity contribution in [3.63, 3.8) is 0 Å². The van der Waals surface area contributed by atoms with E-state index in [-0.39, 0.29) is 11.5 Å². The van der Waals surface area contributed by atoms with E-state index in [4.69, 9.17) is 12.2 Å². The predicted molar refractivity (Wildman–Crippen MR) is 82.9 cm³/mol. The van der Waals surface area contributed by atoms with E-state index >= 15 is 0 Å². The van der Waals surface area contributed by atoms with Gasteiger partial charge in [0.2, 0.25) is 0 Å². The molecule has 1 aromatic heterocycles. The molecule has 1 fully saturated rings. The van der Waals surface area contributed by atoms with Gasteiger partial charge in [-0.05, 0) is 24.3 Å². The second kappa shape index (κ2) is 6.53. The van der Waals surface area contributed by atoms with Crippen molar-refractivity contribution in [1.82, 2.24) is 21.2 Å². The highest BCUT2D eigenvalue weighted by Gasteiger charge is 2.30. The molecule has 23 heavy (non-hydrogen) atoms. The summed E-state index contributed by atoms with van der Waals surface area (Å²) in [7, 11) is 0. The van der Waals surface area contributed by atoms with Crippen molar-refractivity contribution in [2.45, 2.75) is 18.6 Å². The average Bonchev–Trinajstić information content (AvgIpc) is 2.95. The largest absolute Gasteiger partial charge is 0.352 e. The maximum atomic E-state index is 13.8. The lowest BCUT2D eigenvalue weighted by atomic mass is 10.0. The Bertz CT molecular complexity index is 775. The zero-order chi connectivity index (χ0) is 16.4. The molecule has 120 valence electrons. The van der Waals surface area contributed by atoms with Gasteiger partial charge in [0, 0.05) is 18.2 Å². The van der Waals surface area contributed by atoms with Crippen LogP contribution in [0.2, 0.25) is 0 Å². The molecule has 1 saturated heterocycles. The molecule has 0 aliphatic carbocycles. The zero-order valence-electron chi connectivity index (χ0n) is 11.9. The fraction of sp³-hybridized carbons (Fsp3) is 0.200. The molecule has 1 aliphatic heterocycles. The molecule has 2 aromatic rings. The molecule has 0 bridgehead atoms. The van der Waals surface area contributed by atoms with E-state index in [0.717, 1.165) is 0 Å². The van der Waals surface area contributed by atoms with Gasteiger partial charge in [-0.15, -0.1) is 0 Å². The van der Waals surface area contributed by atoms with Crippen LogP contribution in [-0.4, -0.2) is 17.1 Å². The number of H-pyrrole nitrogens is 1. The third-order valence-corrected chi connectivity index (χ3v) is 3.96. The minimum atomic E-state index is -0.623. The summed E-state index contributed by atoms with van der Waals surface area (Å²) in [4.78, 5) is 15.0. The van der Waals surface area contributed by atoms with Gasteiger partial charge >= 0.3 is 0 Å². The van der Waals surface area contributed by atoms with E-state index in [9.17, 15) is 13.6 Å². The molecule has 0 spiro atoms. The first-order valence-electron chi connectivity index (χ1n) is 7.00. The number of halogens is 2. The SMILES string of the molecule is O=C(NC1CC(c2c(F)cccc2F)NN1)c1ccc[nH]c1=S. The molecule has 1 aromatic carbocycles. The van der Waals surface area contributed by atoms with Crippen LogP contribution in [0.15, 0.2) is 36.5 Å². The number of carbonyl (C=O) groups is 1. The molecule has 0 saturated carbocycles. The first-order chi connectivity index (χ1) is 11.1. The van der Waals surface area contributed by atoms with Crippen molar-refractivity contribution < 1.29 is 13.6 Å². The number of aromatic amines is 1. The molecule has 1 aliphatic rings. The van der Waals surface area contributed by atoms with Gasteiger partial charge in [-0.1, -0.05) is 18.3 Å². The maximum Gasteiger partial charge on any atom is 0.255 e. The van der Waals surface area contributed by atoms with E-state index < -0.39 is 23.8 Å². The van der Waals surface area contributed by atoms with Crippen LogP contribution < -0.4 is 16.2 Å². The Hall–Kier alpha value is -2.16. The van der Waals surface area contributed by atoms with Gasteiger partial charge in [0.1, 0.15) is 16.3 Å². The van der Waals surface area contributed by atoms with Crippen LogP contribution in [0.1, 0.15) is 28.4 Å². The van der Waals surface area contributed by atoms with Gasteiger partial charge < -0.3 is 10.3 Å². The van der Waals surface area contributed by atoms with Crippen LogP contribution >= 0.6 is 12.2 Å². The number of hydrogen-bond donors (Lipinski definition) is 4. The van der Waals surface area contributed by atoms with Crippen LogP contribution in [-0.2, 0) is 0 Å². The van der Waals surface area contributed by atoms with Crippen molar-refractivity contribution in [1.29, 1.82) is 0 Å². The lowest BCUT2D eigenvalue weighted by Crippen LogP contribution is -2.44. The Morgan fingerprint density at radius 1 is 1.17 bits per heavy atom. The van der Waals surface area contributed by atoms with E-state index in [0.29, 0.717) is 16.6 Å². The minimum absolute atomic E-state index is 0.0475. The molecule has 3 rings (SSSR count). The van der Waals surface area contributed by atoms with Gasteiger partial charge in [0.25, 0.3) is 5.91 Å². The molecular formula is C15H14F2N4OS. The van der Waals surface area contributed by atoms with Crippen LogP contribution in [0.4, 0.5) is 8.78 Å². The molecule has 8 heteroatoms. The monoisotopic (exact) mass is 336 g/mol. The number of hydrogen-bond acceptors (Lipinski definition) is 4. The summed E-state index contributed by atoms with van der Waals surface area (Å²) >= 11 is 5.05. The highest BCUT2D eigenvalue weighted by molar-refractivity contribution is 7.71. The van der Waals surface area contributed by atoms with Crippen molar-refractivity contribution in [2.75, 3.05) is 0 Å². The number of benzene rings is 1. The summed E-state index contributed by atoms with van der Waals surface area (Å²) in [6, 6.07) is 6.41. The maximum absolute atomic E-state index is 13.8. The van der Waals surface area contributed by atoms with E-state index in [1.165, 1.54) is 18.2 Å². The van der Waals surface area contributed by atoms with Crippen molar-refractivity contribution in [2.24, 2.45) is 0 Å². The normalized spacial score (nSPS) is 20.4. The first kappa shape index (κ1) is 15.7. The Kier molecular flexibility index (Phi) is 4.46. The number of hydrazine groups is 1. The number of rotatable bonds is 3. The molecule has 1 amide bonds. The number of pyridine rings is 1. The second-order valence-corrected chi connectivity index (χ2v) is 5.56. The Morgan fingerprint density at radius 2 is 1.91 bits per heavy atom. The summed E-state index contributed by atoms with van der Waals surface area (Å²) in [5.74, 6) is -1.61. The summed E-state index contributed by atoms with van der Waals surface area (Å²) in [5.41, 5.74) is 5.91. The van der Waals surface area contributed by atoms with Gasteiger partial charge in [-0.2, -0.15) is 0 Å². The predicted octanol–water partition coefficient (Wildman–Crippen LogP) is 2.32. The van der Waals surface area contributed by atoms with Crippen LogP contribution in [0, 0.1) is 16.3 Å². The average molecular weight is 336 g/mol. The van der Waals surface area contributed by atoms with Crippen LogP contribution in [0.3, 0.4) is 0 Å². The number of amides is 1. The number of aromatic nitrogens is 1. The molecule has 4 N–H and O–H groups in total. The molecule has 5 nitrogen and oxygen atoms in total. The van der Waals surface area contributed by atoms with Gasteiger partial charge in [0.15, 0.2) is 0 Å². The minimum Gasteiger partial charge on any atom is -0.352 e. The Morgan fingerprint density at radius 3 is 2.61 bits per heavy atom. The fourth-order valence-corrected chi connectivity index (χ4v) is 2.75. The molecule has 2 heterocycles. The van der Waals surface area contributed by atoms with Crippen LogP contribution in [0.25, 0.3) is 0 Å². The topological polar surface area (TPSA) is 69.0 Å². The van der Waals surface area contributed by atoms with Crippen molar-refractivity contribution >= 4 is 18.1 Å². The Balaban J connectivity index is 1.70. The second-order valence-electron chi connectivity index (χ2n) is 5.15. The highest BCUT2D eigenvalue weighted by Crippen LogP contribution is 2.26. The summed E-state index contributed by atoms with van der Waals surface area (Å²) in [5, 5.41) is 2.73. The van der Waals surface area contributed by atoms with Gasteiger partial charge in [0.05, 0.1) is 17.8 Å². The Labute approximate surface area is 136 Å². The summed E-state index contributed by atoms with van der Waals surface area (Å²) < 4.78 is 27.9. The first-order valence-corrected chi connectivity index (χ1v) is 7.40. The lowest BCUT2D eigenvalue weighted by molar-refractivity contribution is 0.0931. The third-order valence-electron chi connectivity index (χ3n) is 3.62. The number of nitrogens with one attached hydrogen (secondary N) is 4. The fourth-order valence-electron chi connectivity index (χ4n) is 2.52. The van der Waals surface area contributed by atoms with E-state index in [1.807, 2.05) is 0 Å². The lowest BCUT2D eigenvalue weighted by Gasteiger charge is -2.13. The van der Waals surface area contributed by atoms with Gasteiger partial charge in [-0.3, -0.25) is 4.79 Å². The highest BCUT2D eigenvalue weighted by atomic mass is 32.1. The quantitative estimate of drug-likeness (QED) is 0.650. The van der Waals surface area contributed by atoms with Crippen molar-refractivity contribution in [3.8, 4) is 0 Å². The molecule has 2 atom stereocenters. The standard InChI is InChI=1S/C15H14F2N4OS/c16-9-4-1-5-10(17)13(9)11-7-12(21-20-11)19-14(22)8-3-2-6-18-15(8)23/h1-6,11-12,20-21H,7H2,(H,18,23)(H,19,22). The smallest absolute Gasteiger partial charge is 0.255 e. The molecule has 0 radical (unpaired) electrons. The van der Waals surface area contributed by atoms with E-state index in [1.54, 1.807) is 18.3 Å².